The predicted molar refractivity (Wildman–Crippen MR) is 53.0 cm³/mol. The predicted octanol–water partition coefficient (Wildman–Crippen LogP) is 3.86. The first-order valence-corrected chi connectivity index (χ1v) is 5.60. The van der Waals surface area contributed by atoms with Crippen LogP contribution in [0.1, 0.15) is 53.4 Å². The van der Waals surface area contributed by atoms with Gasteiger partial charge in [0.25, 0.3) is 0 Å². The Morgan fingerprint density at radius 1 is 1.33 bits per heavy atom. The molecule has 0 aromatic rings. The summed E-state index contributed by atoms with van der Waals surface area (Å²) in [5.41, 5.74) is 1.48. The van der Waals surface area contributed by atoms with Crippen LogP contribution in [0.15, 0.2) is 0 Å². The molecule has 2 aliphatic carbocycles. The van der Waals surface area contributed by atoms with Crippen molar-refractivity contribution in [2.75, 3.05) is 0 Å². The van der Waals surface area contributed by atoms with Crippen LogP contribution in [0, 0.1) is 22.7 Å². The van der Waals surface area contributed by atoms with E-state index in [1.807, 2.05) is 0 Å². The van der Waals surface area contributed by atoms with Crippen molar-refractivity contribution >= 4 is 0 Å². The lowest BCUT2D eigenvalue weighted by atomic mass is 9.75. The van der Waals surface area contributed by atoms with Crippen LogP contribution >= 0.6 is 0 Å². The molecule has 0 heteroatoms. The van der Waals surface area contributed by atoms with E-state index >= 15 is 0 Å². The molecule has 0 heterocycles. The van der Waals surface area contributed by atoms with Gasteiger partial charge in [-0.3, -0.25) is 0 Å². The van der Waals surface area contributed by atoms with E-state index in [2.05, 4.69) is 27.7 Å². The van der Waals surface area contributed by atoms with Crippen molar-refractivity contribution < 1.29 is 0 Å². The van der Waals surface area contributed by atoms with Gasteiger partial charge in [0.2, 0.25) is 0 Å². The molecule has 2 aliphatic rings. The van der Waals surface area contributed by atoms with E-state index in [9.17, 15) is 0 Å². The summed E-state index contributed by atoms with van der Waals surface area (Å²) < 4.78 is 0. The molecule has 0 spiro atoms. The third-order valence-electron chi connectivity index (χ3n) is 4.67. The molecule has 70 valence electrons. The molecule has 2 fully saturated rings. The quantitative estimate of drug-likeness (QED) is 0.595. The van der Waals surface area contributed by atoms with Gasteiger partial charge >= 0.3 is 0 Å². The summed E-state index contributed by atoms with van der Waals surface area (Å²) in [6.07, 6.45) is 5.77. The lowest BCUT2D eigenvalue weighted by molar-refractivity contribution is 0.192. The van der Waals surface area contributed by atoms with Gasteiger partial charge < -0.3 is 0 Å². The normalized spacial score (nSPS) is 44.0. The van der Waals surface area contributed by atoms with Gasteiger partial charge in [0, 0.05) is 0 Å². The summed E-state index contributed by atoms with van der Waals surface area (Å²) in [5, 5.41) is 0. The zero-order valence-electron chi connectivity index (χ0n) is 8.98. The summed E-state index contributed by atoms with van der Waals surface area (Å²) in [7, 11) is 0. The van der Waals surface area contributed by atoms with Crippen LogP contribution in [-0.2, 0) is 0 Å². The monoisotopic (exact) mass is 166 g/mol. The standard InChI is InChI=1S/C12H22/c1-5-7-11(3,4)12-8-10(12)9(12)6-2/h9-10H,5-8H2,1-4H3. The lowest BCUT2D eigenvalue weighted by Gasteiger charge is -2.30. The van der Waals surface area contributed by atoms with Crippen LogP contribution in [0.2, 0.25) is 0 Å². The Morgan fingerprint density at radius 2 is 2.00 bits per heavy atom. The number of rotatable bonds is 4. The molecule has 0 saturated heterocycles. The second-order valence-corrected chi connectivity index (χ2v) is 5.50. The van der Waals surface area contributed by atoms with Crippen LogP contribution in [0.3, 0.4) is 0 Å². The minimum atomic E-state index is 0.646. The molecule has 3 atom stereocenters. The largest absolute Gasteiger partial charge is 0.0654 e. The molecular weight excluding hydrogens is 144 g/mol. The van der Waals surface area contributed by atoms with Gasteiger partial charge in [-0.2, -0.15) is 0 Å². The second-order valence-electron chi connectivity index (χ2n) is 5.50. The summed E-state index contributed by atoms with van der Waals surface area (Å²) in [6.45, 7) is 9.66. The van der Waals surface area contributed by atoms with Crippen LogP contribution in [0.25, 0.3) is 0 Å². The molecule has 0 amide bonds. The zero-order valence-corrected chi connectivity index (χ0v) is 8.98. The minimum absolute atomic E-state index is 0.646. The van der Waals surface area contributed by atoms with Crippen molar-refractivity contribution in [1.29, 1.82) is 0 Å². The maximum absolute atomic E-state index is 2.49. The lowest BCUT2D eigenvalue weighted by Crippen LogP contribution is -2.22. The van der Waals surface area contributed by atoms with Crippen molar-refractivity contribution in [2.45, 2.75) is 53.4 Å². The van der Waals surface area contributed by atoms with Crippen LogP contribution in [0.4, 0.5) is 0 Å². The fraction of sp³-hybridized carbons (Fsp3) is 1.00. The Kier molecular flexibility index (Phi) is 1.63. The third-order valence-corrected chi connectivity index (χ3v) is 4.67. The fourth-order valence-corrected chi connectivity index (χ4v) is 3.83. The molecule has 12 heavy (non-hydrogen) atoms. The smallest absolute Gasteiger partial charge is 0.0181 e. The Labute approximate surface area is 76.7 Å². The number of hydrogen-bond donors (Lipinski definition) is 0. The first-order valence-electron chi connectivity index (χ1n) is 5.60. The minimum Gasteiger partial charge on any atom is -0.0654 e. The average molecular weight is 166 g/mol. The zero-order chi connectivity index (χ0) is 8.98. The molecule has 0 N–H and O–H groups in total. The molecule has 0 aromatic heterocycles. The van der Waals surface area contributed by atoms with Crippen molar-refractivity contribution in [1.82, 2.24) is 0 Å². The first-order chi connectivity index (χ1) is 5.60. The Hall–Kier alpha value is 0. The topological polar surface area (TPSA) is 0 Å². The summed E-state index contributed by atoms with van der Waals surface area (Å²) >= 11 is 0. The SMILES string of the molecule is CCCC(C)(C)C12CC1C2CC. The van der Waals surface area contributed by atoms with E-state index < -0.39 is 0 Å². The van der Waals surface area contributed by atoms with Crippen molar-refractivity contribution in [3.05, 3.63) is 0 Å². The molecule has 2 rings (SSSR count). The van der Waals surface area contributed by atoms with Crippen molar-refractivity contribution in [3.8, 4) is 0 Å². The Bertz CT molecular complexity index is 192. The molecule has 0 radical (unpaired) electrons. The van der Waals surface area contributed by atoms with E-state index in [-0.39, 0.29) is 0 Å². The molecule has 3 unspecified atom stereocenters. The van der Waals surface area contributed by atoms with E-state index in [0.29, 0.717) is 5.41 Å². The molecule has 0 bridgehead atoms. The van der Waals surface area contributed by atoms with Crippen molar-refractivity contribution in [3.63, 3.8) is 0 Å². The van der Waals surface area contributed by atoms with E-state index in [0.717, 1.165) is 17.3 Å². The summed E-state index contributed by atoms with van der Waals surface area (Å²) in [5.74, 6) is 2.25. The van der Waals surface area contributed by atoms with Gasteiger partial charge in [0.1, 0.15) is 0 Å². The molecule has 0 nitrogen and oxygen atoms in total. The van der Waals surface area contributed by atoms with Gasteiger partial charge in [-0.1, -0.05) is 40.5 Å². The maximum atomic E-state index is 2.49. The van der Waals surface area contributed by atoms with E-state index in [4.69, 9.17) is 0 Å². The third kappa shape index (κ3) is 0.791. The van der Waals surface area contributed by atoms with Crippen LogP contribution in [-0.4, -0.2) is 0 Å². The maximum Gasteiger partial charge on any atom is -0.0181 e. The highest BCUT2D eigenvalue weighted by Crippen LogP contribution is 2.87. The molecular formula is C12H22. The number of fused-ring (bicyclic) bond motifs is 1. The average Bonchev–Trinajstić information content (AvgIpc) is 2.71. The summed E-state index contributed by atoms with van der Waals surface area (Å²) in [4.78, 5) is 0. The first kappa shape index (κ1) is 8.59. The van der Waals surface area contributed by atoms with Crippen LogP contribution < -0.4 is 0 Å². The highest BCUT2D eigenvalue weighted by Gasteiger charge is 2.81. The van der Waals surface area contributed by atoms with E-state index in [1.54, 1.807) is 6.42 Å². The van der Waals surface area contributed by atoms with Gasteiger partial charge in [0.05, 0.1) is 0 Å². The highest BCUT2D eigenvalue weighted by molar-refractivity contribution is 5.29. The highest BCUT2D eigenvalue weighted by atomic mass is 14.9. The fourth-order valence-electron chi connectivity index (χ4n) is 3.83. The summed E-state index contributed by atoms with van der Waals surface area (Å²) in [6, 6.07) is 0. The molecule has 2 saturated carbocycles. The molecule has 0 aliphatic heterocycles. The van der Waals surface area contributed by atoms with Gasteiger partial charge in [0.15, 0.2) is 0 Å². The van der Waals surface area contributed by atoms with Gasteiger partial charge in [-0.05, 0) is 35.5 Å². The Morgan fingerprint density at radius 3 is 2.33 bits per heavy atom. The van der Waals surface area contributed by atoms with Crippen LogP contribution in [0.5, 0.6) is 0 Å². The Balaban J connectivity index is 2.01. The van der Waals surface area contributed by atoms with Gasteiger partial charge in [-0.25, -0.2) is 0 Å². The number of hydrogen-bond acceptors (Lipinski definition) is 0. The molecule has 0 aromatic carbocycles. The van der Waals surface area contributed by atoms with Gasteiger partial charge in [-0.15, -0.1) is 0 Å². The van der Waals surface area contributed by atoms with E-state index in [1.165, 1.54) is 19.3 Å². The van der Waals surface area contributed by atoms with Crippen molar-refractivity contribution in [2.24, 2.45) is 22.7 Å². The second kappa shape index (κ2) is 2.27.